The molecule has 0 atom stereocenters. The van der Waals surface area contributed by atoms with E-state index in [0.29, 0.717) is 0 Å². The van der Waals surface area contributed by atoms with Gasteiger partial charge < -0.3 is 0 Å². The molecule has 5 aromatic carbocycles. The van der Waals surface area contributed by atoms with Gasteiger partial charge in [0.25, 0.3) is 0 Å². The fourth-order valence-corrected chi connectivity index (χ4v) is 4.17. The summed E-state index contributed by atoms with van der Waals surface area (Å²) in [6.45, 7) is 0. The molecule has 2 nitrogen and oxygen atoms in total. The average Bonchev–Trinajstić information content (AvgIpc) is 2.92. The zero-order valence-corrected chi connectivity index (χ0v) is 18.3. The van der Waals surface area contributed by atoms with E-state index in [4.69, 9.17) is 0 Å². The summed E-state index contributed by atoms with van der Waals surface area (Å²) in [5, 5.41) is 4.33. The van der Waals surface area contributed by atoms with Crippen LogP contribution in [0.25, 0.3) is 32.6 Å². The van der Waals surface area contributed by atoms with Gasteiger partial charge in [0, 0.05) is 45.4 Å². The summed E-state index contributed by atoms with van der Waals surface area (Å²) in [7, 11) is 0. The van der Waals surface area contributed by atoms with Gasteiger partial charge in [-0.15, -0.1) is 0 Å². The Bertz CT molecular complexity index is 1660. The van der Waals surface area contributed by atoms with Crippen LogP contribution < -0.4 is 0 Å². The highest BCUT2D eigenvalue weighted by Crippen LogP contribution is 2.33. The topological polar surface area (TPSA) is 25.8 Å². The molecule has 1 aromatic heterocycles. The summed E-state index contributed by atoms with van der Waals surface area (Å²) in [6, 6.07) is 32.7. The summed E-state index contributed by atoms with van der Waals surface area (Å²) in [5.41, 5.74) is 5.71. The standard InChI is InChI=1S/C32H18N2/c1-3-7-23(8-4-1)11-13-25-15-17-27-29(21-25)30-22-26(14-12-24-9-5-2-6-10-24)16-18-28(30)32-31(27)33-19-20-34-32/h1-10,15-22H. The molecular formula is C32H18N2. The maximum atomic E-state index is 4.65. The Morgan fingerprint density at radius 1 is 0.382 bits per heavy atom. The Labute approximate surface area is 197 Å². The predicted molar refractivity (Wildman–Crippen MR) is 139 cm³/mol. The number of aromatic nitrogens is 2. The molecule has 0 radical (unpaired) electrons. The number of hydrogen-bond acceptors (Lipinski definition) is 2. The van der Waals surface area contributed by atoms with Crippen LogP contribution in [-0.2, 0) is 0 Å². The molecule has 0 saturated heterocycles. The molecule has 1 heterocycles. The van der Waals surface area contributed by atoms with Crippen molar-refractivity contribution in [1.82, 2.24) is 9.97 Å². The van der Waals surface area contributed by atoms with E-state index in [1.165, 1.54) is 0 Å². The van der Waals surface area contributed by atoms with Crippen molar-refractivity contribution in [3.8, 4) is 23.7 Å². The molecule has 6 aromatic rings. The Morgan fingerprint density at radius 3 is 1.24 bits per heavy atom. The number of rotatable bonds is 0. The Morgan fingerprint density at radius 2 is 0.794 bits per heavy atom. The molecule has 0 fully saturated rings. The van der Waals surface area contributed by atoms with Gasteiger partial charge in [-0.05, 0) is 59.3 Å². The van der Waals surface area contributed by atoms with E-state index in [2.05, 4.69) is 70.0 Å². The molecule has 0 unspecified atom stereocenters. The third-order valence-electron chi connectivity index (χ3n) is 5.79. The van der Waals surface area contributed by atoms with Crippen LogP contribution >= 0.6 is 0 Å². The van der Waals surface area contributed by atoms with E-state index in [0.717, 1.165) is 54.8 Å². The zero-order chi connectivity index (χ0) is 22.7. The highest BCUT2D eigenvalue weighted by Gasteiger charge is 2.11. The molecule has 0 aliphatic heterocycles. The predicted octanol–water partition coefficient (Wildman–Crippen LogP) is 6.74. The second-order valence-corrected chi connectivity index (χ2v) is 8.01. The molecule has 0 saturated carbocycles. The van der Waals surface area contributed by atoms with Crippen LogP contribution in [0.4, 0.5) is 0 Å². The quantitative estimate of drug-likeness (QED) is 0.197. The highest BCUT2D eigenvalue weighted by molar-refractivity contribution is 6.23. The van der Waals surface area contributed by atoms with Crippen molar-refractivity contribution < 1.29 is 0 Å². The van der Waals surface area contributed by atoms with Gasteiger partial charge in [-0.2, -0.15) is 0 Å². The molecule has 0 spiro atoms. The Balaban J connectivity index is 1.57. The van der Waals surface area contributed by atoms with Gasteiger partial charge >= 0.3 is 0 Å². The Kier molecular flexibility index (Phi) is 4.96. The van der Waals surface area contributed by atoms with Crippen molar-refractivity contribution in [1.29, 1.82) is 0 Å². The third kappa shape index (κ3) is 3.75. The minimum Gasteiger partial charge on any atom is -0.252 e. The first-order chi connectivity index (χ1) is 16.8. The van der Waals surface area contributed by atoms with Crippen LogP contribution in [0, 0.1) is 23.7 Å². The number of hydrogen-bond donors (Lipinski definition) is 0. The molecule has 0 N–H and O–H groups in total. The third-order valence-corrected chi connectivity index (χ3v) is 5.79. The van der Waals surface area contributed by atoms with Crippen LogP contribution in [0.5, 0.6) is 0 Å². The first kappa shape index (κ1) is 19.7. The van der Waals surface area contributed by atoms with E-state index in [1.807, 2.05) is 60.7 Å². The summed E-state index contributed by atoms with van der Waals surface area (Å²) < 4.78 is 0. The van der Waals surface area contributed by atoms with Crippen molar-refractivity contribution in [2.24, 2.45) is 0 Å². The van der Waals surface area contributed by atoms with Crippen molar-refractivity contribution in [3.05, 3.63) is 132 Å². The smallest absolute Gasteiger partial charge is 0.0971 e. The van der Waals surface area contributed by atoms with Crippen molar-refractivity contribution in [3.63, 3.8) is 0 Å². The number of nitrogens with zero attached hydrogens (tertiary/aromatic N) is 2. The highest BCUT2D eigenvalue weighted by atomic mass is 14.8. The minimum absolute atomic E-state index is 0.899. The maximum absolute atomic E-state index is 4.65. The molecule has 0 aliphatic carbocycles. The fraction of sp³-hybridized carbons (Fsp3) is 0. The number of benzene rings is 5. The van der Waals surface area contributed by atoms with Gasteiger partial charge in [-0.1, -0.05) is 72.2 Å². The van der Waals surface area contributed by atoms with Gasteiger partial charge in [-0.25, -0.2) is 0 Å². The van der Waals surface area contributed by atoms with Gasteiger partial charge in [0.05, 0.1) is 11.0 Å². The average molecular weight is 431 g/mol. The fourth-order valence-electron chi connectivity index (χ4n) is 4.17. The minimum atomic E-state index is 0.899. The second kappa shape index (κ2) is 8.55. The molecular weight excluding hydrogens is 412 g/mol. The number of fused-ring (bicyclic) bond motifs is 6. The van der Waals surface area contributed by atoms with Gasteiger partial charge in [0.1, 0.15) is 0 Å². The molecule has 0 aliphatic rings. The lowest BCUT2D eigenvalue weighted by Gasteiger charge is -2.09. The van der Waals surface area contributed by atoms with E-state index < -0.39 is 0 Å². The lowest BCUT2D eigenvalue weighted by Crippen LogP contribution is -1.90. The van der Waals surface area contributed by atoms with Crippen LogP contribution in [-0.4, -0.2) is 9.97 Å². The second-order valence-electron chi connectivity index (χ2n) is 8.01. The van der Waals surface area contributed by atoms with Crippen molar-refractivity contribution >= 4 is 32.6 Å². The van der Waals surface area contributed by atoms with Crippen LogP contribution in [0.15, 0.2) is 109 Å². The molecule has 156 valence electrons. The van der Waals surface area contributed by atoms with Crippen LogP contribution in [0.1, 0.15) is 22.3 Å². The lowest BCUT2D eigenvalue weighted by atomic mass is 9.96. The van der Waals surface area contributed by atoms with Gasteiger partial charge in [-0.3, -0.25) is 9.97 Å². The van der Waals surface area contributed by atoms with E-state index >= 15 is 0 Å². The van der Waals surface area contributed by atoms with Crippen molar-refractivity contribution in [2.45, 2.75) is 0 Å². The molecule has 6 rings (SSSR count). The normalized spacial score (nSPS) is 10.5. The van der Waals surface area contributed by atoms with Crippen molar-refractivity contribution in [2.75, 3.05) is 0 Å². The summed E-state index contributed by atoms with van der Waals surface area (Å²) >= 11 is 0. The summed E-state index contributed by atoms with van der Waals surface area (Å²) in [4.78, 5) is 9.31. The molecule has 0 amide bonds. The monoisotopic (exact) mass is 430 g/mol. The largest absolute Gasteiger partial charge is 0.252 e. The van der Waals surface area contributed by atoms with E-state index in [9.17, 15) is 0 Å². The van der Waals surface area contributed by atoms with Gasteiger partial charge in [0.2, 0.25) is 0 Å². The lowest BCUT2D eigenvalue weighted by molar-refractivity contribution is 1.31. The van der Waals surface area contributed by atoms with E-state index in [1.54, 1.807) is 12.4 Å². The molecule has 34 heavy (non-hydrogen) atoms. The first-order valence-electron chi connectivity index (χ1n) is 11.1. The maximum Gasteiger partial charge on any atom is 0.0971 e. The van der Waals surface area contributed by atoms with E-state index in [-0.39, 0.29) is 0 Å². The van der Waals surface area contributed by atoms with Crippen LogP contribution in [0.3, 0.4) is 0 Å². The summed E-state index contributed by atoms with van der Waals surface area (Å²) in [5.74, 6) is 13.1. The first-order valence-corrected chi connectivity index (χ1v) is 11.1. The molecule has 0 bridgehead atoms. The zero-order valence-electron chi connectivity index (χ0n) is 18.3. The Hall–Kier alpha value is -4.92. The summed E-state index contributed by atoms with van der Waals surface area (Å²) in [6.07, 6.45) is 3.49. The molecule has 2 heteroatoms. The van der Waals surface area contributed by atoms with Crippen LogP contribution in [0.2, 0.25) is 0 Å². The van der Waals surface area contributed by atoms with Gasteiger partial charge in [0.15, 0.2) is 0 Å². The SMILES string of the molecule is C(#Cc1ccc2c(c1)c1cc(C#Cc3ccccc3)ccc1c1nccnc21)c1ccccc1.